The van der Waals surface area contributed by atoms with Crippen molar-refractivity contribution in [2.45, 2.75) is 17.9 Å². The van der Waals surface area contributed by atoms with Gasteiger partial charge in [0.15, 0.2) is 4.90 Å². The van der Waals surface area contributed by atoms with Crippen molar-refractivity contribution in [2.75, 3.05) is 6.54 Å². The Morgan fingerprint density at radius 2 is 2.11 bits per heavy atom. The van der Waals surface area contributed by atoms with Crippen molar-refractivity contribution < 1.29 is 13.3 Å². The first-order chi connectivity index (χ1) is 8.27. The molecule has 0 radical (unpaired) electrons. The van der Waals surface area contributed by atoms with Gasteiger partial charge in [-0.2, -0.15) is 0 Å². The molecule has 10 heteroatoms. The molecule has 108 valence electrons. The van der Waals surface area contributed by atoms with E-state index in [0.29, 0.717) is 4.47 Å². The van der Waals surface area contributed by atoms with E-state index in [0.717, 1.165) is 6.07 Å². The van der Waals surface area contributed by atoms with Gasteiger partial charge in [0.2, 0.25) is 10.0 Å². The summed E-state index contributed by atoms with van der Waals surface area (Å²) in [6, 6.07) is 3.24. The van der Waals surface area contributed by atoms with Crippen molar-refractivity contribution >= 4 is 44.0 Å². The summed E-state index contributed by atoms with van der Waals surface area (Å²) in [4.78, 5) is 9.72. The Kier molecular flexibility index (Phi) is 6.87. The van der Waals surface area contributed by atoms with Crippen LogP contribution >= 0.6 is 28.3 Å². The van der Waals surface area contributed by atoms with Crippen molar-refractivity contribution in [1.29, 1.82) is 0 Å². The molecule has 0 spiro atoms. The minimum atomic E-state index is -3.96. The summed E-state index contributed by atoms with van der Waals surface area (Å²) >= 11 is 3.06. The van der Waals surface area contributed by atoms with Crippen molar-refractivity contribution in [3.63, 3.8) is 0 Å². The van der Waals surface area contributed by atoms with Gasteiger partial charge < -0.3 is 5.73 Å². The number of rotatable bonds is 5. The molecule has 3 N–H and O–H groups in total. The SMILES string of the molecule is C[C@@H](CN)NS(=O)(=O)c1ccc(Br)cc1[N+](=O)[O-].Cl. The maximum absolute atomic E-state index is 12.0. The standard InChI is InChI=1S/C9H12BrN3O4S.ClH/c1-6(5-11)12-18(16,17)9-3-2-7(10)4-8(9)13(14)15;/h2-4,6,12H,5,11H2,1H3;1H/t6-;/m0./s1. The average Bonchev–Trinajstić information content (AvgIpc) is 2.27. The smallest absolute Gasteiger partial charge is 0.290 e. The zero-order valence-corrected chi connectivity index (χ0v) is 13.1. The molecule has 0 aromatic heterocycles. The molecule has 0 saturated heterocycles. The lowest BCUT2D eigenvalue weighted by Crippen LogP contribution is -2.37. The molecule has 0 fully saturated rings. The van der Waals surface area contributed by atoms with Crippen LogP contribution in [-0.2, 0) is 10.0 Å². The molecule has 0 aliphatic rings. The Hall–Kier alpha value is -0.740. The third-order valence-electron chi connectivity index (χ3n) is 2.12. The largest absolute Gasteiger partial charge is 0.329 e. The number of nitro benzene ring substituents is 1. The second-order valence-corrected chi connectivity index (χ2v) is 6.23. The highest BCUT2D eigenvalue weighted by Gasteiger charge is 2.26. The first-order valence-corrected chi connectivity index (χ1v) is 7.22. The van der Waals surface area contributed by atoms with Crippen LogP contribution in [0.1, 0.15) is 6.92 Å². The van der Waals surface area contributed by atoms with Gasteiger partial charge in [-0.15, -0.1) is 12.4 Å². The molecule has 0 amide bonds. The van der Waals surface area contributed by atoms with E-state index in [4.69, 9.17) is 5.73 Å². The highest BCUT2D eigenvalue weighted by Crippen LogP contribution is 2.27. The molecule has 7 nitrogen and oxygen atoms in total. The van der Waals surface area contributed by atoms with E-state index in [1.165, 1.54) is 12.1 Å². The Balaban J connectivity index is 0.00000324. The number of benzene rings is 1. The fourth-order valence-electron chi connectivity index (χ4n) is 1.24. The van der Waals surface area contributed by atoms with E-state index in [9.17, 15) is 18.5 Å². The van der Waals surface area contributed by atoms with Crippen LogP contribution in [0.2, 0.25) is 0 Å². The molecular formula is C9H13BrClN3O4S. The number of hydrogen-bond acceptors (Lipinski definition) is 5. The lowest BCUT2D eigenvalue weighted by molar-refractivity contribution is -0.387. The number of sulfonamides is 1. The van der Waals surface area contributed by atoms with Gasteiger partial charge in [0.05, 0.1) is 4.92 Å². The normalized spacial score (nSPS) is 12.6. The van der Waals surface area contributed by atoms with Gasteiger partial charge in [0.25, 0.3) is 5.69 Å². The first-order valence-electron chi connectivity index (χ1n) is 4.94. The summed E-state index contributed by atoms with van der Waals surface area (Å²) in [5.41, 5.74) is 4.83. The average molecular weight is 375 g/mol. The molecule has 1 rings (SSSR count). The summed E-state index contributed by atoms with van der Waals surface area (Å²) in [6.07, 6.45) is 0. The molecule has 1 aromatic carbocycles. The van der Waals surface area contributed by atoms with Crippen LogP contribution in [-0.4, -0.2) is 25.9 Å². The minimum absolute atomic E-state index is 0. The van der Waals surface area contributed by atoms with Crippen LogP contribution in [0.15, 0.2) is 27.6 Å². The molecule has 1 aromatic rings. The molecule has 0 aliphatic carbocycles. The third-order valence-corrected chi connectivity index (χ3v) is 4.25. The van der Waals surface area contributed by atoms with Gasteiger partial charge in [-0.1, -0.05) is 15.9 Å². The quantitative estimate of drug-likeness (QED) is 0.597. The Morgan fingerprint density at radius 3 is 2.58 bits per heavy atom. The summed E-state index contributed by atoms with van der Waals surface area (Å²) in [5, 5.41) is 10.8. The van der Waals surface area contributed by atoms with Gasteiger partial charge in [0, 0.05) is 23.1 Å². The van der Waals surface area contributed by atoms with Crippen molar-refractivity contribution in [1.82, 2.24) is 4.72 Å². The predicted octanol–water partition coefficient (Wildman–Crippen LogP) is 1.40. The maximum Gasteiger partial charge on any atom is 0.290 e. The number of nitro groups is 1. The molecule has 0 unspecified atom stereocenters. The van der Waals surface area contributed by atoms with E-state index in [1.54, 1.807) is 6.92 Å². The minimum Gasteiger partial charge on any atom is -0.329 e. The fraction of sp³-hybridized carbons (Fsp3) is 0.333. The van der Waals surface area contributed by atoms with E-state index < -0.39 is 26.7 Å². The second-order valence-electron chi connectivity index (χ2n) is 3.63. The molecular weight excluding hydrogens is 362 g/mol. The van der Waals surface area contributed by atoms with Crippen molar-refractivity contribution in [3.05, 3.63) is 32.8 Å². The highest BCUT2D eigenvalue weighted by atomic mass is 79.9. The zero-order chi connectivity index (χ0) is 13.9. The van der Waals surface area contributed by atoms with E-state index in [2.05, 4.69) is 20.7 Å². The summed E-state index contributed by atoms with van der Waals surface area (Å²) in [7, 11) is -3.96. The van der Waals surface area contributed by atoms with Gasteiger partial charge >= 0.3 is 0 Å². The highest BCUT2D eigenvalue weighted by molar-refractivity contribution is 9.10. The van der Waals surface area contributed by atoms with Crippen molar-refractivity contribution in [2.24, 2.45) is 5.73 Å². The number of nitrogens with one attached hydrogen (secondary N) is 1. The van der Waals surface area contributed by atoms with Gasteiger partial charge in [0.1, 0.15) is 0 Å². The summed E-state index contributed by atoms with van der Waals surface area (Å²) < 4.78 is 26.6. The lowest BCUT2D eigenvalue weighted by Gasteiger charge is -2.12. The monoisotopic (exact) mass is 373 g/mol. The number of nitrogens with zero attached hydrogens (tertiary/aromatic N) is 1. The van der Waals surface area contributed by atoms with Crippen molar-refractivity contribution in [3.8, 4) is 0 Å². The Morgan fingerprint density at radius 1 is 1.53 bits per heavy atom. The van der Waals surface area contributed by atoms with Gasteiger partial charge in [-0.25, -0.2) is 13.1 Å². The fourth-order valence-corrected chi connectivity index (χ4v) is 2.99. The topological polar surface area (TPSA) is 115 Å². The van der Waals surface area contributed by atoms with Crippen LogP contribution in [0.4, 0.5) is 5.69 Å². The number of halogens is 2. The van der Waals surface area contributed by atoms with E-state index >= 15 is 0 Å². The Bertz CT molecular complexity index is 567. The van der Waals surface area contributed by atoms with Gasteiger partial charge in [-0.3, -0.25) is 10.1 Å². The summed E-state index contributed by atoms with van der Waals surface area (Å²) in [5.74, 6) is 0. The van der Waals surface area contributed by atoms with Crippen LogP contribution in [0.3, 0.4) is 0 Å². The molecule has 19 heavy (non-hydrogen) atoms. The number of nitrogens with two attached hydrogens (primary N) is 1. The molecule has 1 atom stereocenters. The molecule has 0 bridgehead atoms. The van der Waals surface area contributed by atoms with Crippen LogP contribution in [0, 0.1) is 10.1 Å². The third kappa shape index (κ3) is 4.69. The number of hydrogen-bond donors (Lipinski definition) is 2. The maximum atomic E-state index is 12.0. The zero-order valence-electron chi connectivity index (χ0n) is 9.87. The lowest BCUT2D eigenvalue weighted by atomic mass is 10.3. The first kappa shape index (κ1) is 18.3. The second kappa shape index (κ2) is 7.15. The van der Waals surface area contributed by atoms with Crippen LogP contribution < -0.4 is 10.5 Å². The van der Waals surface area contributed by atoms with Crippen LogP contribution in [0.25, 0.3) is 0 Å². The molecule has 0 aliphatic heterocycles. The molecule has 0 saturated carbocycles. The van der Waals surface area contributed by atoms with Gasteiger partial charge in [-0.05, 0) is 19.1 Å². The van der Waals surface area contributed by atoms with E-state index in [1.807, 2.05) is 0 Å². The summed E-state index contributed by atoms with van der Waals surface area (Å²) in [6.45, 7) is 1.67. The molecule has 0 heterocycles. The predicted molar refractivity (Wildman–Crippen MR) is 76.9 cm³/mol. The van der Waals surface area contributed by atoms with E-state index in [-0.39, 0.29) is 23.8 Å². The van der Waals surface area contributed by atoms with Crippen LogP contribution in [0.5, 0.6) is 0 Å². The Labute approximate surface area is 125 Å².